The van der Waals surface area contributed by atoms with E-state index in [1.807, 2.05) is 4.90 Å². The number of amides is 3. The Morgan fingerprint density at radius 1 is 1.04 bits per heavy atom. The highest BCUT2D eigenvalue weighted by molar-refractivity contribution is 6.35. The molecule has 0 aliphatic carbocycles. The van der Waals surface area contributed by atoms with Gasteiger partial charge in [0.1, 0.15) is 0 Å². The van der Waals surface area contributed by atoms with Crippen molar-refractivity contribution >= 4 is 23.9 Å². The number of hydrogen-bond donors (Lipinski definition) is 1. The molecule has 2 fully saturated rings. The summed E-state index contributed by atoms with van der Waals surface area (Å²) >= 11 is 0. The van der Waals surface area contributed by atoms with E-state index in [0.29, 0.717) is 64.7 Å². The SMILES string of the molecule is CCOC(=O)N1CCC(NC(=O)C(=O)N2CCN(c3ncccn3)CC2)CC1. The van der Waals surface area contributed by atoms with Crippen LogP contribution in [0.4, 0.5) is 10.7 Å². The third kappa shape index (κ3) is 4.87. The predicted molar refractivity (Wildman–Crippen MR) is 101 cm³/mol. The van der Waals surface area contributed by atoms with Crippen molar-refractivity contribution < 1.29 is 19.1 Å². The number of hydrogen-bond acceptors (Lipinski definition) is 7. The Kier molecular flexibility index (Phi) is 6.62. The Morgan fingerprint density at radius 2 is 1.68 bits per heavy atom. The van der Waals surface area contributed by atoms with Gasteiger partial charge in [0.25, 0.3) is 0 Å². The van der Waals surface area contributed by atoms with Crippen LogP contribution in [0.1, 0.15) is 19.8 Å². The van der Waals surface area contributed by atoms with E-state index >= 15 is 0 Å². The quantitative estimate of drug-likeness (QED) is 0.716. The summed E-state index contributed by atoms with van der Waals surface area (Å²) in [6, 6.07) is 1.64. The number of piperazine rings is 1. The fourth-order valence-electron chi connectivity index (χ4n) is 3.38. The molecule has 0 aromatic carbocycles. The number of likely N-dealkylation sites (tertiary alicyclic amines) is 1. The summed E-state index contributed by atoms with van der Waals surface area (Å²) in [6.07, 6.45) is 4.25. The van der Waals surface area contributed by atoms with Crippen molar-refractivity contribution in [3.05, 3.63) is 18.5 Å². The van der Waals surface area contributed by atoms with Gasteiger partial charge in [0.15, 0.2) is 0 Å². The minimum atomic E-state index is -0.584. The van der Waals surface area contributed by atoms with E-state index < -0.39 is 11.8 Å². The van der Waals surface area contributed by atoms with E-state index in [2.05, 4.69) is 15.3 Å². The van der Waals surface area contributed by atoms with E-state index in [4.69, 9.17) is 4.74 Å². The predicted octanol–water partition coefficient (Wildman–Crippen LogP) is -0.138. The Hall–Kier alpha value is -2.91. The number of nitrogens with one attached hydrogen (secondary N) is 1. The van der Waals surface area contributed by atoms with Gasteiger partial charge in [-0.25, -0.2) is 14.8 Å². The highest BCUT2D eigenvalue weighted by Crippen LogP contribution is 2.13. The van der Waals surface area contributed by atoms with Crippen LogP contribution in [0.5, 0.6) is 0 Å². The van der Waals surface area contributed by atoms with Crippen molar-refractivity contribution in [2.24, 2.45) is 0 Å². The van der Waals surface area contributed by atoms with Gasteiger partial charge < -0.3 is 24.8 Å². The molecule has 3 rings (SSSR count). The van der Waals surface area contributed by atoms with Gasteiger partial charge >= 0.3 is 17.9 Å². The molecule has 0 spiro atoms. The molecule has 0 saturated carbocycles. The number of carbonyl (C=O) groups is 3. The summed E-state index contributed by atoms with van der Waals surface area (Å²) in [5, 5.41) is 2.80. The second-order valence-corrected chi connectivity index (χ2v) is 6.76. The van der Waals surface area contributed by atoms with Crippen LogP contribution in [0.3, 0.4) is 0 Å². The molecule has 2 saturated heterocycles. The van der Waals surface area contributed by atoms with Gasteiger partial charge in [0.05, 0.1) is 6.61 Å². The van der Waals surface area contributed by atoms with Crippen LogP contribution in [0, 0.1) is 0 Å². The molecule has 10 nitrogen and oxygen atoms in total. The van der Waals surface area contributed by atoms with E-state index in [0.717, 1.165) is 0 Å². The number of ether oxygens (including phenoxy) is 1. The molecule has 0 atom stereocenters. The maximum absolute atomic E-state index is 12.5. The number of rotatable bonds is 3. The zero-order chi connectivity index (χ0) is 19.9. The fraction of sp³-hybridized carbons (Fsp3) is 0.611. The van der Waals surface area contributed by atoms with E-state index in [9.17, 15) is 14.4 Å². The minimum absolute atomic E-state index is 0.110. The summed E-state index contributed by atoms with van der Waals surface area (Å²) in [5.41, 5.74) is 0. The summed E-state index contributed by atoms with van der Waals surface area (Å²) in [6.45, 7) is 5.19. The monoisotopic (exact) mass is 390 g/mol. The maximum atomic E-state index is 12.5. The molecule has 1 aromatic heterocycles. The molecule has 152 valence electrons. The lowest BCUT2D eigenvalue weighted by molar-refractivity contribution is -0.146. The molecule has 1 aromatic rings. The standard InChI is InChI=1S/C18H26N6O4/c1-2-28-18(27)24-8-4-14(5-9-24)21-15(25)16(26)22-10-12-23(13-11-22)17-19-6-3-7-20-17/h3,6-7,14H,2,4-5,8-13H2,1H3,(H,21,25). The first kappa shape index (κ1) is 19.8. The molecular weight excluding hydrogens is 364 g/mol. The van der Waals surface area contributed by atoms with Crippen LogP contribution in [-0.2, 0) is 14.3 Å². The Balaban J connectivity index is 1.42. The number of aromatic nitrogens is 2. The highest BCUT2D eigenvalue weighted by Gasteiger charge is 2.30. The van der Waals surface area contributed by atoms with Gasteiger partial charge in [-0.3, -0.25) is 9.59 Å². The minimum Gasteiger partial charge on any atom is -0.450 e. The van der Waals surface area contributed by atoms with Crippen LogP contribution >= 0.6 is 0 Å². The lowest BCUT2D eigenvalue weighted by Crippen LogP contribution is -2.55. The molecule has 2 aliphatic heterocycles. The smallest absolute Gasteiger partial charge is 0.409 e. The van der Waals surface area contributed by atoms with Crippen molar-refractivity contribution in [3.8, 4) is 0 Å². The zero-order valence-corrected chi connectivity index (χ0v) is 16.0. The van der Waals surface area contributed by atoms with Crippen LogP contribution in [0.25, 0.3) is 0 Å². The highest BCUT2D eigenvalue weighted by atomic mass is 16.6. The normalized spacial score (nSPS) is 18.0. The van der Waals surface area contributed by atoms with Crippen molar-refractivity contribution in [1.82, 2.24) is 25.1 Å². The van der Waals surface area contributed by atoms with Gasteiger partial charge in [-0.1, -0.05) is 0 Å². The van der Waals surface area contributed by atoms with E-state index in [-0.39, 0.29) is 12.1 Å². The van der Waals surface area contributed by atoms with Crippen molar-refractivity contribution in [1.29, 1.82) is 0 Å². The molecule has 0 unspecified atom stereocenters. The molecule has 0 radical (unpaired) electrons. The molecule has 2 aliphatic rings. The van der Waals surface area contributed by atoms with Gasteiger partial charge in [0.2, 0.25) is 5.95 Å². The second-order valence-electron chi connectivity index (χ2n) is 6.76. The zero-order valence-electron chi connectivity index (χ0n) is 16.0. The van der Waals surface area contributed by atoms with Crippen molar-refractivity contribution in [2.45, 2.75) is 25.8 Å². The van der Waals surface area contributed by atoms with Crippen LogP contribution < -0.4 is 10.2 Å². The summed E-state index contributed by atoms with van der Waals surface area (Å²) < 4.78 is 4.98. The summed E-state index contributed by atoms with van der Waals surface area (Å²) in [7, 11) is 0. The number of anilines is 1. The van der Waals surface area contributed by atoms with Crippen LogP contribution in [0.15, 0.2) is 18.5 Å². The van der Waals surface area contributed by atoms with Gasteiger partial charge in [0, 0.05) is 57.7 Å². The molecule has 0 bridgehead atoms. The van der Waals surface area contributed by atoms with Crippen molar-refractivity contribution in [3.63, 3.8) is 0 Å². The van der Waals surface area contributed by atoms with Crippen molar-refractivity contribution in [2.75, 3.05) is 50.8 Å². The Bertz CT molecular complexity index is 685. The number of carbonyl (C=O) groups excluding carboxylic acids is 3. The maximum Gasteiger partial charge on any atom is 0.409 e. The molecule has 1 N–H and O–H groups in total. The first-order valence-electron chi connectivity index (χ1n) is 9.62. The fourth-order valence-corrected chi connectivity index (χ4v) is 3.38. The van der Waals surface area contributed by atoms with Gasteiger partial charge in [-0.2, -0.15) is 0 Å². The average Bonchev–Trinajstić information content (AvgIpc) is 2.74. The largest absolute Gasteiger partial charge is 0.450 e. The molecule has 3 amide bonds. The number of nitrogens with zero attached hydrogens (tertiary/aromatic N) is 5. The molecule has 10 heteroatoms. The summed E-state index contributed by atoms with van der Waals surface area (Å²) in [5.74, 6) is -0.465. The van der Waals surface area contributed by atoms with E-state index in [1.165, 1.54) is 0 Å². The molecule has 28 heavy (non-hydrogen) atoms. The third-order valence-electron chi connectivity index (χ3n) is 4.95. The topological polar surface area (TPSA) is 108 Å². The van der Waals surface area contributed by atoms with Crippen LogP contribution in [-0.4, -0.2) is 89.6 Å². The third-order valence-corrected chi connectivity index (χ3v) is 4.95. The second kappa shape index (κ2) is 9.34. The molecular formula is C18H26N6O4. The van der Waals surface area contributed by atoms with E-state index in [1.54, 1.807) is 35.2 Å². The summed E-state index contributed by atoms with van der Waals surface area (Å²) in [4.78, 5) is 50.1. The molecule has 3 heterocycles. The lowest BCUT2D eigenvalue weighted by atomic mass is 10.1. The Labute approximate surface area is 163 Å². The van der Waals surface area contributed by atoms with Gasteiger partial charge in [-0.15, -0.1) is 0 Å². The Morgan fingerprint density at radius 3 is 2.29 bits per heavy atom. The van der Waals surface area contributed by atoms with Gasteiger partial charge in [-0.05, 0) is 25.8 Å². The van der Waals surface area contributed by atoms with Crippen LogP contribution in [0.2, 0.25) is 0 Å². The average molecular weight is 390 g/mol. The first-order valence-corrected chi connectivity index (χ1v) is 9.62. The first-order chi connectivity index (χ1) is 13.6. The lowest BCUT2D eigenvalue weighted by Gasteiger charge is -2.35. The number of piperidine rings is 1.